The summed E-state index contributed by atoms with van der Waals surface area (Å²) in [5.74, 6) is 0.822. The third-order valence-corrected chi connectivity index (χ3v) is 4.76. The molecule has 6 nitrogen and oxygen atoms in total. The number of hydrogen-bond donors (Lipinski definition) is 0. The summed E-state index contributed by atoms with van der Waals surface area (Å²) in [6, 6.07) is 12.8. The summed E-state index contributed by atoms with van der Waals surface area (Å²) in [6.45, 7) is 3.90. The van der Waals surface area contributed by atoms with E-state index in [0.29, 0.717) is 48.8 Å². The van der Waals surface area contributed by atoms with Gasteiger partial charge >= 0.3 is 0 Å². The van der Waals surface area contributed by atoms with E-state index in [2.05, 4.69) is 0 Å². The molecule has 0 spiro atoms. The Hall–Kier alpha value is -3.02. The smallest absolute Gasteiger partial charge is 0.261 e. The molecule has 1 aliphatic heterocycles. The highest BCUT2D eigenvalue weighted by atomic mass is 16.5. The number of amides is 2. The summed E-state index contributed by atoms with van der Waals surface area (Å²) in [7, 11) is 3.06. The van der Waals surface area contributed by atoms with E-state index in [1.807, 2.05) is 31.2 Å². The van der Waals surface area contributed by atoms with E-state index in [0.717, 1.165) is 5.56 Å². The molecule has 2 aromatic carbocycles. The van der Waals surface area contributed by atoms with Crippen molar-refractivity contribution in [2.45, 2.75) is 6.92 Å². The van der Waals surface area contributed by atoms with Gasteiger partial charge in [0.05, 0.1) is 14.2 Å². The van der Waals surface area contributed by atoms with Crippen LogP contribution in [0.25, 0.3) is 0 Å². The number of carbonyl (C=O) groups excluding carboxylic acids is 2. The van der Waals surface area contributed by atoms with Crippen LogP contribution in [0.15, 0.2) is 42.5 Å². The average molecular weight is 368 g/mol. The molecule has 142 valence electrons. The summed E-state index contributed by atoms with van der Waals surface area (Å²) in [5, 5.41) is 0. The molecule has 0 bridgehead atoms. The lowest BCUT2D eigenvalue weighted by Crippen LogP contribution is -2.50. The van der Waals surface area contributed by atoms with Gasteiger partial charge in [-0.2, -0.15) is 0 Å². The first-order valence-corrected chi connectivity index (χ1v) is 8.91. The van der Waals surface area contributed by atoms with Gasteiger partial charge in [0, 0.05) is 31.7 Å². The zero-order valence-electron chi connectivity index (χ0n) is 15.9. The minimum absolute atomic E-state index is 0.000621. The van der Waals surface area contributed by atoms with E-state index in [4.69, 9.17) is 9.47 Å². The van der Waals surface area contributed by atoms with Crippen LogP contribution in [0.3, 0.4) is 0 Å². The zero-order valence-corrected chi connectivity index (χ0v) is 15.9. The van der Waals surface area contributed by atoms with E-state index in [1.165, 1.54) is 14.2 Å². The second kappa shape index (κ2) is 8.12. The molecule has 0 saturated carbocycles. The topological polar surface area (TPSA) is 59.1 Å². The maximum Gasteiger partial charge on any atom is 0.261 e. The number of nitrogens with zero attached hydrogens (tertiary/aromatic N) is 2. The maximum atomic E-state index is 13.0. The molecule has 1 aliphatic rings. The summed E-state index contributed by atoms with van der Waals surface area (Å²) < 4.78 is 10.7. The van der Waals surface area contributed by atoms with Gasteiger partial charge in [0.1, 0.15) is 17.1 Å². The Morgan fingerprint density at radius 2 is 1.33 bits per heavy atom. The first kappa shape index (κ1) is 18.8. The molecule has 0 radical (unpaired) electrons. The van der Waals surface area contributed by atoms with Gasteiger partial charge in [0.2, 0.25) is 0 Å². The minimum atomic E-state index is -0.146. The highest BCUT2D eigenvalue weighted by Crippen LogP contribution is 2.30. The minimum Gasteiger partial charge on any atom is -0.496 e. The Morgan fingerprint density at radius 3 is 1.85 bits per heavy atom. The molecular weight excluding hydrogens is 344 g/mol. The Balaban J connectivity index is 1.71. The van der Waals surface area contributed by atoms with Gasteiger partial charge < -0.3 is 19.3 Å². The molecule has 1 saturated heterocycles. The van der Waals surface area contributed by atoms with E-state index in [1.54, 1.807) is 28.0 Å². The Labute approximate surface area is 159 Å². The van der Waals surface area contributed by atoms with Crippen molar-refractivity contribution in [3.8, 4) is 11.5 Å². The molecule has 1 heterocycles. The van der Waals surface area contributed by atoms with Crippen molar-refractivity contribution in [2.24, 2.45) is 0 Å². The lowest BCUT2D eigenvalue weighted by atomic mass is 10.1. The number of ether oxygens (including phenoxy) is 2. The molecule has 0 N–H and O–H groups in total. The second-order valence-corrected chi connectivity index (χ2v) is 6.49. The zero-order chi connectivity index (χ0) is 19.4. The fraction of sp³-hybridized carbons (Fsp3) is 0.333. The molecule has 0 unspecified atom stereocenters. The predicted octanol–water partition coefficient (Wildman–Crippen LogP) is 2.61. The summed E-state index contributed by atoms with van der Waals surface area (Å²) in [5.41, 5.74) is 2.15. The lowest BCUT2D eigenvalue weighted by molar-refractivity contribution is 0.0531. The number of hydrogen-bond acceptors (Lipinski definition) is 4. The van der Waals surface area contributed by atoms with Gasteiger partial charge in [-0.3, -0.25) is 9.59 Å². The molecule has 3 rings (SSSR count). The Bertz CT molecular complexity index is 820. The highest BCUT2D eigenvalue weighted by Gasteiger charge is 2.28. The molecule has 0 atom stereocenters. The normalized spacial score (nSPS) is 14.0. The van der Waals surface area contributed by atoms with Crippen LogP contribution in [0.4, 0.5) is 0 Å². The largest absolute Gasteiger partial charge is 0.496 e. The van der Waals surface area contributed by atoms with Crippen molar-refractivity contribution in [3.63, 3.8) is 0 Å². The van der Waals surface area contributed by atoms with Crippen LogP contribution >= 0.6 is 0 Å². The van der Waals surface area contributed by atoms with Crippen LogP contribution in [0, 0.1) is 6.92 Å². The second-order valence-electron chi connectivity index (χ2n) is 6.49. The van der Waals surface area contributed by atoms with Gasteiger partial charge in [-0.25, -0.2) is 0 Å². The van der Waals surface area contributed by atoms with E-state index in [-0.39, 0.29) is 11.8 Å². The quantitative estimate of drug-likeness (QED) is 0.832. The van der Waals surface area contributed by atoms with Gasteiger partial charge in [0.15, 0.2) is 0 Å². The number of methoxy groups -OCH3 is 2. The fourth-order valence-electron chi connectivity index (χ4n) is 3.29. The van der Waals surface area contributed by atoms with Crippen molar-refractivity contribution < 1.29 is 19.1 Å². The number of aryl methyl sites for hydroxylation is 1. The van der Waals surface area contributed by atoms with Gasteiger partial charge in [-0.05, 0) is 31.2 Å². The van der Waals surface area contributed by atoms with Gasteiger partial charge in [-0.1, -0.05) is 23.8 Å². The monoisotopic (exact) mass is 368 g/mol. The van der Waals surface area contributed by atoms with Gasteiger partial charge in [0.25, 0.3) is 11.8 Å². The van der Waals surface area contributed by atoms with Crippen molar-refractivity contribution >= 4 is 11.8 Å². The summed E-state index contributed by atoms with van der Waals surface area (Å²) in [6.07, 6.45) is 0. The van der Waals surface area contributed by atoms with E-state index < -0.39 is 0 Å². The molecule has 0 aliphatic carbocycles. The molecule has 0 aromatic heterocycles. The van der Waals surface area contributed by atoms with Crippen LogP contribution in [0.2, 0.25) is 0 Å². The molecule has 1 fully saturated rings. The average Bonchev–Trinajstić information content (AvgIpc) is 2.72. The lowest BCUT2D eigenvalue weighted by Gasteiger charge is -2.35. The standard InChI is InChI=1S/C21H24N2O4/c1-15-6-4-7-16(14-15)20(24)22-10-12-23(13-11-22)21(25)19-17(26-2)8-5-9-18(19)27-3/h4-9,14H,10-13H2,1-3H3. The molecular formula is C21H24N2O4. The van der Waals surface area contributed by atoms with Crippen LogP contribution in [0.1, 0.15) is 26.3 Å². The van der Waals surface area contributed by atoms with Crippen LogP contribution in [0.5, 0.6) is 11.5 Å². The Morgan fingerprint density at radius 1 is 0.815 bits per heavy atom. The molecule has 6 heteroatoms. The maximum absolute atomic E-state index is 13.0. The van der Waals surface area contributed by atoms with E-state index in [9.17, 15) is 9.59 Å². The van der Waals surface area contributed by atoms with Crippen molar-refractivity contribution in [1.29, 1.82) is 0 Å². The molecule has 2 aromatic rings. The molecule has 27 heavy (non-hydrogen) atoms. The Kier molecular flexibility index (Phi) is 5.64. The predicted molar refractivity (Wildman–Crippen MR) is 103 cm³/mol. The van der Waals surface area contributed by atoms with Crippen molar-refractivity contribution in [1.82, 2.24) is 9.80 Å². The summed E-state index contributed by atoms with van der Waals surface area (Å²) in [4.78, 5) is 29.2. The first-order valence-electron chi connectivity index (χ1n) is 8.91. The van der Waals surface area contributed by atoms with Crippen LogP contribution in [-0.2, 0) is 0 Å². The third-order valence-electron chi connectivity index (χ3n) is 4.76. The van der Waals surface area contributed by atoms with Crippen LogP contribution in [-0.4, -0.2) is 62.0 Å². The number of carbonyl (C=O) groups is 2. The summed E-state index contributed by atoms with van der Waals surface area (Å²) >= 11 is 0. The molecule has 2 amide bonds. The van der Waals surface area contributed by atoms with Crippen molar-refractivity contribution in [2.75, 3.05) is 40.4 Å². The fourth-order valence-corrected chi connectivity index (χ4v) is 3.29. The SMILES string of the molecule is COc1cccc(OC)c1C(=O)N1CCN(C(=O)c2cccc(C)c2)CC1. The number of rotatable bonds is 4. The van der Waals surface area contributed by atoms with Gasteiger partial charge in [-0.15, -0.1) is 0 Å². The highest BCUT2D eigenvalue weighted by molar-refractivity contribution is 6.00. The first-order chi connectivity index (χ1) is 13.0. The third kappa shape index (κ3) is 3.89. The van der Waals surface area contributed by atoms with Crippen molar-refractivity contribution in [3.05, 3.63) is 59.2 Å². The number of benzene rings is 2. The van der Waals surface area contributed by atoms with E-state index >= 15 is 0 Å². The van der Waals surface area contributed by atoms with Crippen LogP contribution < -0.4 is 9.47 Å². The number of piperazine rings is 1.